The van der Waals surface area contributed by atoms with Crippen molar-refractivity contribution in [2.24, 2.45) is 5.92 Å². The monoisotopic (exact) mass is 290 g/mol. The maximum absolute atomic E-state index is 5.82. The third-order valence-electron chi connectivity index (χ3n) is 4.39. The number of benzene rings is 1. The highest BCUT2D eigenvalue weighted by Crippen LogP contribution is 2.20. The number of ether oxygens (including phenoxy) is 1. The van der Waals surface area contributed by atoms with Gasteiger partial charge in [-0.2, -0.15) is 0 Å². The van der Waals surface area contributed by atoms with E-state index in [9.17, 15) is 0 Å². The van der Waals surface area contributed by atoms with Gasteiger partial charge in [-0.15, -0.1) is 0 Å². The number of hydrogen-bond acceptors (Lipinski definition) is 3. The van der Waals surface area contributed by atoms with Gasteiger partial charge >= 0.3 is 0 Å². The smallest absolute Gasteiger partial charge is 0.119 e. The molecule has 0 aromatic heterocycles. The molecule has 2 rings (SSSR count). The van der Waals surface area contributed by atoms with Gasteiger partial charge in [0.15, 0.2) is 0 Å². The third kappa shape index (κ3) is 6.06. The summed E-state index contributed by atoms with van der Waals surface area (Å²) in [6, 6.07) is 8.32. The lowest BCUT2D eigenvalue weighted by molar-refractivity contribution is 0.147. The fourth-order valence-electron chi connectivity index (χ4n) is 2.87. The molecule has 1 aromatic rings. The van der Waals surface area contributed by atoms with Crippen LogP contribution in [0.15, 0.2) is 24.3 Å². The molecule has 0 unspecified atom stereocenters. The zero-order valence-corrected chi connectivity index (χ0v) is 13.8. The highest BCUT2D eigenvalue weighted by Gasteiger charge is 2.18. The van der Waals surface area contributed by atoms with Crippen molar-refractivity contribution >= 4 is 0 Å². The van der Waals surface area contributed by atoms with Crippen LogP contribution in [0.5, 0.6) is 5.75 Å². The predicted octanol–water partition coefficient (Wildman–Crippen LogP) is 3.04. The molecule has 0 amide bonds. The third-order valence-corrected chi connectivity index (χ3v) is 4.39. The Morgan fingerprint density at radius 2 is 1.81 bits per heavy atom. The second-order valence-corrected chi connectivity index (χ2v) is 6.54. The van der Waals surface area contributed by atoms with Gasteiger partial charge in [-0.25, -0.2) is 0 Å². The molecule has 0 saturated carbocycles. The quantitative estimate of drug-likeness (QED) is 0.767. The molecule has 0 bridgehead atoms. The van der Waals surface area contributed by atoms with E-state index in [4.69, 9.17) is 4.74 Å². The number of nitrogens with zero attached hydrogens (tertiary/aromatic N) is 2. The summed E-state index contributed by atoms with van der Waals surface area (Å²) in [5.74, 6) is 1.91. The molecule has 118 valence electrons. The molecular formula is C18H30N2O. The van der Waals surface area contributed by atoms with E-state index in [1.807, 2.05) is 0 Å². The Kier molecular flexibility index (Phi) is 6.52. The average molecular weight is 290 g/mol. The standard InChI is InChI=1S/C18H30N2O/c1-16-4-6-18(7-5-16)21-15-14-20-12-9-17(10-13-20)8-11-19(2)3/h4-7,17H,8-15H2,1-3H3. The van der Waals surface area contributed by atoms with E-state index in [0.29, 0.717) is 0 Å². The SMILES string of the molecule is Cc1ccc(OCCN2CCC(CCN(C)C)CC2)cc1. The summed E-state index contributed by atoms with van der Waals surface area (Å²) in [6.45, 7) is 7.63. The van der Waals surface area contributed by atoms with Gasteiger partial charge in [0.2, 0.25) is 0 Å². The molecule has 0 spiro atoms. The Morgan fingerprint density at radius 1 is 1.14 bits per heavy atom. The van der Waals surface area contributed by atoms with Crippen LogP contribution in [0.1, 0.15) is 24.8 Å². The molecule has 1 aromatic carbocycles. The summed E-state index contributed by atoms with van der Waals surface area (Å²) in [7, 11) is 4.33. The molecule has 1 aliphatic heterocycles. The summed E-state index contributed by atoms with van der Waals surface area (Å²) < 4.78 is 5.82. The number of rotatable bonds is 7. The topological polar surface area (TPSA) is 15.7 Å². The van der Waals surface area contributed by atoms with Crippen molar-refractivity contribution in [3.63, 3.8) is 0 Å². The van der Waals surface area contributed by atoms with E-state index < -0.39 is 0 Å². The van der Waals surface area contributed by atoms with Crippen molar-refractivity contribution in [1.29, 1.82) is 0 Å². The van der Waals surface area contributed by atoms with Gasteiger partial charge in [-0.1, -0.05) is 17.7 Å². The summed E-state index contributed by atoms with van der Waals surface area (Å²) in [5.41, 5.74) is 1.28. The predicted molar refractivity (Wildman–Crippen MR) is 89.0 cm³/mol. The number of piperidine rings is 1. The maximum atomic E-state index is 5.82. The Balaban J connectivity index is 1.59. The van der Waals surface area contributed by atoms with Gasteiger partial charge in [0, 0.05) is 6.54 Å². The van der Waals surface area contributed by atoms with Gasteiger partial charge in [-0.3, -0.25) is 4.90 Å². The first-order valence-electron chi connectivity index (χ1n) is 8.20. The lowest BCUT2D eigenvalue weighted by atomic mass is 9.93. The molecule has 0 atom stereocenters. The maximum Gasteiger partial charge on any atom is 0.119 e. The van der Waals surface area contributed by atoms with E-state index in [-0.39, 0.29) is 0 Å². The zero-order valence-electron chi connectivity index (χ0n) is 13.8. The Bertz CT molecular complexity index is 394. The van der Waals surface area contributed by atoms with E-state index in [1.165, 1.54) is 44.5 Å². The molecule has 0 radical (unpaired) electrons. The molecular weight excluding hydrogens is 260 g/mol. The number of aryl methyl sites for hydroxylation is 1. The van der Waals surface area contributed by atoms with Crippen LogP contribution in [0.4, 0.5) is 0 Å². The first-order valence-corrected chi connectivity index (χ1v) is 8.20. The summed E-state index contributed by atoms with van der Waals surface area (Å²) in [4.78, 5) is 4.84. The van der Waals surface area contributed by atoms with Crippen molar-refractivity contribution in [3.8, 4) is 5.75 Å². The number of hydrogen-bond donors (Lipinski definition) is 0. The van der Waals surface area contributed by atoms with Crippen LogP contribution < -0.4 is 4.74 Å². The minimum Gasteiger partial charge on any atom is -0.492 e. The van der Waals surface area contributed by atoms with Gasteiger partial charge in [-0.05, 0) is 78.0 Å². The van der Waals surface area contributed by atoms with Crippen molar-refractivity contribution in [2.75, 3.05) is 46.9 Å². The molecule has 3 heteroatoms. The van der Waals surface area contributed by atoms with Crippen LogP contribution in [0, 0.1) is 12.8 Å². The van der Waals surface area contributed by atoms with Crippen LogP contribution >= 0.6 is 0 Å². The average Bonchev–Trinajstić information content (AvgIpc) is 2.48. The first-order chi connectivity index (χ1) is 10.1. The van der Waals surface area contributed by atoms with Crippen molar-refractivity contribution < 1.29 is 4.74 Å². The Morgan fingerprint density at radius 3 is 2.43 bits per heavy atom. The van der Waals surface area contributed by atoms with E-state index in [0.717, 1.165) is 24.8 Å². The highest BCUT2D eigenvalue weighted by atomic mass is 16.5. The van der Waals surface area contributed by atoms with Crippen molar-refractivity contribution in [2.45, 2.75) is 26.2 Å². The van der Waals surface area contributed by atoms with Crippen LogP contribution in [0.3, 0.4) is 0 Å². The van der Waals surface area contributed by atoms with Gasteiger partial charge < -0.3 is 9.64 Å². The van der Waals surface area contributed by atoms with Crippen LogP contribution in [0.25, 0.3) is 0 Å². The van der Waals surface area contributed by atoms with Crippen LogP contribution in [-0.2, 0) is 0 Å². The van der Waals surface area contributed by atoms with Crippen molar-refractivity contribution in [1.82, 2.24) is 9.80 Å². The van der Waals surface area contributed by atoms with Gasteiger partial charge in [0.25, 0.3) is 0 Å². The normalized spacial score (nSPS) is 17.3. The van der Waals surface area contributed by atoms with Gasteiger partial charge in [0.05, 0.1) is 0 Å². The van der Waals surface area contributed by atoms with E-state index in [2.05, 4.69) is 55.1 Å². The molecule has 1 aliphatic rings. The minimum atomic E-state index is 0.797. The van der Waals surface area contributed by atoms with Gasteiger partial charge in [0.1, 0.15) is 12.4 Å². The molecule has 1 fully saturated rings. The zero-order chi connectivity index (χ0) is 15.1. The lowest BCUT2D eigenvalue weighted by Gasteiger charge is -2.32. The molecule has 1 saturated heterocycles. The fourth-order valence-corrected chi connectivity index (χ4v) is 2.87. The fraction of sp³-hybridized carbons (Fsp3) is 0.667. The Hall–Kier alpha value is -1.06. The minimum absolute atomic E-state index is 0.797. The summed E-state index contributed by atoms with van der Waals surface area (Å²) >= 11 is 0. The second-order valence-electron chi connectivity index (χ2n) is 6.54. The van der Waals surface area contributed by atoms with Crippen LogP contribution in [0.2, 0.25) is 0 Å². The Labute approximate surface area is 129 Å². The van der Waals surface area contributed by atoms with E-state index >= 15 is 0 Å². The summed E-state index contributed by atoms with van der Waals surface area (Å²) in [5, 5.41) is 0. The largest absolute Gasteiger partial charge is 0.492 e. The molecule has 0 N–H and O–H groups in total. The van der Waals surface area contributed by atoms with Crippen LogP contribution in [-0.4, -0.2) is 56.7 Å². The lowest BCUT2D eigenvalue weighted by Crippen LogP contribution is -2.37. The highest BCUT2D eigenvalue weighted by molar-refractivity contribution is 5.26. The molecule has 21 heavy (non-hydrogen) atoms. The molecule has 0 aliphatic carbocycles. The summed E-state index contributed by atoms with van der Waals surface area (Å²) in [6.07, 6.45) is 4.04. The molecule has 1 heterocycles. The molecule has 3 nitrogen and oxygen atoms in total. The number of likely N-dealkylation sites (tertiary alicyclic amines) is 1. The van der Waals surface area contributed by atoms with E-state index in [1.54, 1.807) is 0 Å². The first kappa shape index (κ1) is 16.3. The van der Waals surface area contributed by atoms with Crippen molar-refractivity contribution in [3.05, 3.63) is 29.8 Å². The second kappa shape index (κ2) is 8.40.